The molecule has 1 amide bonds. The summed E-state index contributed by atoms with van der Waals surface area (Å²) >= 11 is 0. The van der Waals surface area contributed by atoms with Crippen LogP contribution in [0.3, 0.4) is 0 Å². The van der Waals surface area contributed by atoms with E-state index in [1.807, 2.05) is 0 Å². The fraction of sp³-hybridized carbons (Fsp3) is 0.714. The van der Waals surface area contributed by atoms with Gasteiger partial charge in [0, 0.05) is 0 Å². The van der Waals surface area contributed by atoms with Gasteiger partial charge in [-0.25, -0.2) is 4.79 Å². The molecule has 0 saturated carbocycles. The summed E-state index contributed by atoms with van der Waals surface area (Å²) in [5, 5.41) is 8.63. The zero-order chi connectivity index (χ0) is 7.84. The van der Waals surface area contributed by atoms with E-state index in [9.17, 15) is 4.79 Å². The van der Waals surface area contributed by atoms with E-state index < -0.39 is 0 Å². The maximum absolute atomic E-state index is 11.0. The third-order valence-electron chi connectivity index (χ3n) is 2.26. The predicted octanol–water partition coefficient (Wildman–Crippen LogP) is 0.493. The molecule has 2 saturated heterocycles. The average Bonchev–Trinajstić information content (AvgIpc) is 2.54. The van der Waals surface area contributed by atoms with Gasteiger partial charge in [-0.3, -0.25) is 4.90 Å². The first-order chi connectivity index (χ1) is 5.33. The molecule has 2 heterocycles. The van der Waals surface area contributed by atoms with Crippen LogP contribution in [-0.2, 0) is 4.74 Å². The highest BCUT2D eigenvalue weighted by molar-refractivity contribution is 5.71. The van der Waals surface area contributed by atoms with Crippen LogP contribution in [0.15, 0.2) is 0 Å². The largest absolute Gasteiger partial charge is 0.447 e. The number of carbonyl (C=O) groups is 1. The first-order valence-corrected chi connectivity index (χ1v) is 3.67. The lowest BCUT2D eigenvalue weighted by Gasteiger charge is -2.13. The fourth-order valence-electron chi connectivity index (χ4n) is 1.69. The van der Waals surface area contributed by atoms with Crippen LogP contribution in [-0.4, -0.2) is 29.7 Å². The number of fused-ring (bicyclic) bond motifs is 1. The smallest absolute Gasteiger partial charge is 0.411 e. The van der Waals surface area contributed by atoms with Crippen molar-refractivity contribution in [3.05, 3.63) is 0 Å². The van der Waals surface area contributed by atoms with Crippen molar-refractivity contribution in [3.8, 4) is 6.07 Å². The summed E-state index contributed by atoms with van der Waals surface area (Å²) in [7, 11) is 0. The molecule has 0 radical (unpaired) electrons. The number of hydrogen-bond donors (Lipinski definition) is 0. The number of ether oxygens (including phenoxy) is 1. The predicted molar refractivity (Wildman–Crippen MR) is 35.6 cm³/mol. The first-order valence-electron chi connectivity index (χ1n) is 3.67. The molecule has 0 aromatic heterocycles. The molecule has 0 aliphatic carbocycles. The lowest BCUT2D eigenvalue weighted by Crippen LogP contribution is -2.33. The molecular weight excluding hydrogens is 144 g/mol. The van der Waals surface area contributed by atoms with Gasteiger partial charge in [0.25, 0.3) is 0 Å². The molecule has 4 nitrogen and oxygen atoms in total. The van der Waals surface area contributed by atoms with Gasteiger partial charge in [0.1, 0.15) is 12.6 Å². The fourth-order valence-corrected chi connectivity index (χ4v) is 1.69. The van der Waals surface area contributed by atoms with E-state index in [1.54, 1.807) is 4.90 Å². The summed E-state index contributed by atoms with van der Waals surface area (Å²) in [6.07, 6.45) is 1.39. The second kappa shape index (κ2) is 2.12. The van der Waals surface area contributed by atoms with E-state index in [-0.39, 0.29) is 18.2 Å². The van der Waals surface area contributed by atoms with Crippen molar-refractivity contribution in [1.82, 2.24) is 4.90 Å². The van der Waals surface area contributed by atoms with Crippen LogP contribution in [0.4, 0.5) is 4.79 Å². The van der Waals surface area contributed by atoms with Crippen molar-refractivity contribution < 1.29 is 9.53 Å². The van der Waals surface area contributed by atoms with Gasteiger partial charge in [0.15, 0.2) is 0 Å². The monoisotopic (exact) mass is 152 g/mol. The Balaban J connectivity index is 2.21. The second-order valence-electron chi connectivity index (χ2n) is 2.86. The van der Waals surface area contributed by atoms with Gasteiger partial charge in [-0.2, -0.15) is 5.26 Å². The Labute approximate surface area is 64.3 Å². The molecule has 4 heteroatoms. The Morgan fingerprint density at radius 2 is 2.45 bits per heavy atom. The molecule has 2 atom stereocenters. The molecule has 2 fully saturated rings. The molecule has 2 rings (SSSR count). The Morgan fingerprint density at radius 3 is 3.18 bits per heavy atom. The maximum atomic E-state index is 11.0. The lowest BCUT2D eigenvalue weighted by molar-refractivity contribution is 0.155. The molecule has 2 aliphatic rings. The van der Waals surface area contributed by atoms with Crippen molar-refractivity contribution >= 4 is 6.09 Å². The Bertz CT molecular complexity index is 233. The topological polar surface area (TPSA) is 53.3 Å². The molecule has 0 N–H and O–H groups in total. The molecule has 0 unspecified atom stereocenters. The second-order valence-corrected chi connectivity index (χ2v) is 2.86. The molecule has 11 heavy (non-hydrogen) atoms. The van der Waals surface area contributed by atoms with Crippen LogP contribution in [0.1, 0.15) is 12.8 Å². The van der Waals surface area contributed by atoms with Crippen molar-refractivity contribution in [3.63, 3.8) is 0 Å². The molecular formula is C7H8N2O2. The zero-order valence-corrected chi connectivity index (χ0v) is 5.99. The summed E-state index contributed by atoms with van der Waals surface area (Å²) < 4.78 is 4.79. The number of hydrogen-bond acceptors (Lipinski definition) is 3. The normalized spacial score (nSPS) is 34.8. The molecule has 58 valence electrons. The first kappa shape index (κ1) is 6.47. The Morgan fingerprint density at radius 1 is 1.64 bits per heavy atom. The molecule has 2 aliphatic heterocycles. The van der Waals surface area contributed by atoms with Gasteiger partial charge in [-0.05, 0) is 12.8 Å². The van der Waals surface area contributed by atoms with E-state index >= 15 is 0 Å². The van der Waals surface area contributed by atoms with Crippen LogP contribution in [0.5, 0.6) is 0 Å². The minimum absolute atomic E-state index is 0.173. The number of carbonyl (C=O) groups excluding carboxylic acids is 1. The molecule has 0 spiro atoms. The van der Waals surface area contributed by atoms with Gasteiger partial charge in [-0.1, -0.05) is 0 Å². The van der Waals surface area contributed by atoms with Crippen LogP contribution in [0, 0.1) is 11.3 Å². The van der Waals surface area contributed by atoms with Crippen molar-refractivity contribution in [2.24, 2.45) is 0 Å². The lowest BCUT2D eigenvalue weighted by atomic mass is 10.2. The van der Waals surface area contributed by atoms with Gasteiger partial charge in [-0.15, -0.1) is 0 Å². The van der Waals surface area contributed by atoms with Crippen molar-refractivity contribution in [1.29, 1.82) is 5.26 Å². The zero-order valence-electron chi connectivity index (χ0n) is 5.99. The van der Waals surface area contributed by atoms with Gasteiger partial charge >= 0.3 is 6.09 Å². The standard InChI is InChI=1S/C7H8N2O2/c8-3-5-1-2-6-4-11-7(10)9(5)6/h5-6H,1-2,4H2/t5-,6-/m0/s1. The number of rotatable bonds is 0. The van der Waals surface area contributed by atoms with Crippen LogP contribution < -0.4 is 0 Å². The minimum Gasteiger partial charge on any atom is -0.447 e. The summed E-state index contributed by atoms with van der Waals surface area (Å²) in [6, 6.07) is 2.02. The van der Waals surface area contributed by atoms with Crippen molar-refractivity contribution in [2.75, 3.05) is 6.61 Å². The summed E-state index contributed by atoms with van der Waals surface area (Å²) in [4.78, 5) is 12.5. The van der Waals surface area contributed by atoms with Gasteiger partial charge < -0.3 is 4.74 Å². The third kappa shape index (κ3) is 0.773. The Hall–Kier alpha value is -1.24. The number of nitriles is 1. The van der Waals surface area contributed by atoms with Gasteiger partial charge in [0.2, 0.25) is 0 Å². The quantitative estimate of drug-likeness (QED) is 0.507. The maximum Gasteiger partial charge on any atom is 0.411 e. The third-order valence-corrected chi connectivity index (χ3v) is 2.26. The number of cyclic esters (lactones) is 1. The summed E-state index contributed by atoms with van der Waals surface area (Å²) in [5.41, 5.74) is 0. The van der Waals surface area contributed by atoms with Crippen LogP contribution in [0.25, 0.3) is 0 Å². The highest BCUT2D eigenvalue weighted by atomic mass is 16.6. The number of amides is 1. The average molecular weight is 152 g/mol. The van der Waals surface area contributed by atoms with E-state index in [4.69, 9.17) is 10.00 Å². The highest BCUT2D eigenvalue weighted by Gasteiger charge is 2.43. The molecule has 0 bridgehead atoms. The molecule has 0 aromatic carbocycles. The minimum atomic E-state index is -0.320. The Kier molecular flexibility index (Phi) is 1.25. The van der Waals surface area contributed by atoms with E-state index in [0.717, 1.165) is 12.8 Å². The van der Waals surface area contributed by atoms with Crippen LogP contribution in [0.2, 0.25) is 0 Å². The number of nitrogens with zero attached hydrogens (tertiary/aromatic N) is 2. The van der Waals surface area contributed by atoms with E-state index in [1.165, 1.54) is 0 Å². The summed E-state index contributed by atoms with van der Waals surface area (Å²) in [5.74, 6) is 0. The SMILES string of the molecule is N#C[C@@H]1CC[C@H]2COC(=O)N21. The summed E-state index contributed by atoms with van der Waals surface area (Å²) in [6.45, 7) is 0.469. The van der Waals surface area contributed by atoms with Crippen LogP contribution >= 0.6 is 0 Å². The van der Waals surface area contributed by atoms with E-state index in [2.05, 4.69) is 6.07 Å². The molecule has 0 aromatic rings. The van der Waals surface area contributed by atoms with E-state index in [0.29, 0.717) is 6.61 Å². The van der Waals surface area contributed by atoms with Gasteiger partial charge in [0.05, 0.1) is 12.1 Å². The van der Waals surface area contributed by atoms with Crippen molar-refractivity contribution in [2.45, 2.75) is 24.9 Å². The highest BCUT2D eigenvalue weighted by Crippen LogP contribution is 2.28.